The molecule has 0 spiro atoms. The van der Waals surface area contributed by atoms with E-state index in [0.717, 1.165) is 17.2 Å². The molecule has 2 amide bonds. The average molecular weight is 723 g/mol. The highest BCUT2D eigenvalue weighted by Crippen LogP contribution is 2.33. The van der Waals surface area contributed by atoms with Gasteiger partial charge in [-0.2, -0.15) is 0 Å². The molecule has 2 atom stereocenters. The van der Waals surface area contributed by atoms with Crippen LogP contribution < -0.4 is 20.1 Å². The van der Waals surface area contributed by atoms with E-state index in [1.165, 1.54) is 14.2 Å². The number of hydrogen-bond acceptors (Lipinski definition) is 10. The molecule has 3 aromatic carbocycles. The Kier molecular flexibility index (Phi) is 14.9. The van der Waals surface area contributed by atoms with Gasteiger partial charge in [-0.1, -0.05) is 68.2 Å². The molecule has 0 unspecified atom stereocenters. The van der Waals surface area contributed by atoms with Crippen molar-refractivity contribution in [3.05, 3.63) is 89.5 Å². The van der Waals surface area contributed by atoms with Crippen molar-refractivity contribution < 1.29 is 47.6 Å². The Morgan fingerprint density at radius 2 is 1.31 bits per heavy atom. The highest BCUT2D eigenvalue weighted by molar-refractivity contribution is 6.76. The van der Waals surface area contributed by atoms with E-state index in [-0.39, 0.29) is 26.1 Å². The number of alkyl carbamates (subject to hydrolysis) is 2. The van der Waals surface area contributed by atoms with Crippen LogP contribution >= 0.6 is 0 Å². The summed E-state index contributed by atoms with van der Waals surface area (Å²) in [6.07, 6.45) is -1.22. The van der Waals surface area contributed by atoms with E-state index >= 15 is 0 Å². The standard InChI is InChI=1S/C38H50N2O10Si/c1-38(2,3)50-37(44)40-30(34(41)46-5)22-26-14-17-29(18-15-26)49-33-24-28(16-19-32(33)45-4)23-31(35(42)47-20-21-51(6,7)8)39-36(43)48-25-27-12-10-9-11-13-27/h9-19,24,30-31H,20-23,25H2,1-8H3,(H,39,43)(H,40,44)/t30-,31-/m0/s1. The minimum Gasteiger partial charge on any atom is -0.493 e. The topological polar surface area (TPSA) is 148 Å². The Hall–Kier alpha value is -5.04. The lowest BCUT2D eigenvalue weighted by Gasteiger charge is -2.22. The Morgan fingerprint density at radius 3 is 1.92 bits per heavy atom. The van der Waals surface area contributed by atoms with Crippen LogP contribution in [-0.4, -0.2) is 70.7 Å². The normalized spacial score (nSPS) is 12.5. The number of carbonyl (C=O) groups is 4. The maximum atomic E-state index is 13.2. The number of carbonyl (C=O) groups excluding carboxylic acids is 4. The monoisotopic (exact) mass is 722 g/mol. The fraction of sp³-hybridized carbons (Fsp3) is 0.421. The van der Waals surface area contributed by atoms with E-state index in [1.807, 2.05) is 30.3 Å². The van der Waals surface area contributed by atoms with Gasteiger partial charge in [0, 0.05) is 20.9 Å². The van der Waals surface area contributed by atoms with Crippen LogP contribution in [0.3, 0.4) is 0 Å². The van der Waals surface area contributed by atoms with Crippen molar-refractivity contribution >= 4 is 32.2 Å². The Bertz CT molecular complexity index is 1600. The maximum Gasteiger partial charge on any atom is 0.408 e. The van der Waals surface area contributed by atoms with Gasteiger partial charge in [0.1, 0.15) is 30.0 Å². The van der Waals surface area contributed by atoms with E-state index in [0.29, 0.717) is 22.8 Å². The van der Waals surface area contributed by atoms with Crippen LogP contribution in [0.2, 0.25) is 25.7 Å². The minimum absolute atomic E-state index is 0.0486. The van der Waals surface area contributed by atoms with Crippen LogP contribution in [0.5, 0.6) is 17.2 Å². The van der Waals surface area contributed by atoms with Crippen LogP contribution in [0.4, 0.5) is 9.59 Å². The number of nitrogens with one attached hydrogen (secondary N) is 2. The highest BCUT2D eigenvalue weighted by atomic mass is 28.3. The summed E-state index contributed by atoms with van der Waals surface area (Å²) >= 11 is 0. The first kappa shape index (κ1) is 40.4. The molecule has 3 rings (SSSR count). The molecule has 12 nitrogen and oxygen atoms in total. The Morgan fingerprint density at radius 1 is 0.706 bits per heavy atom. The molecule has 276 valence electrons. The van der Waals surface area contributed by atoms with E-state index in [2.05, 4.69) is 30.3 Å². The van der Waals surface area contributed by atoms with Gasteiger partial charge in [0.15, 0.2) is 11.5 Å². The average Bonchev–Trinajstić information content (AvgIpc) is 3.06. The molecule has 0 bridgehead atoms. The lowest BCUT2D eigenvalue weighted by Crippen LogP contribution is -2.45. The third kappa shape index (κ3) is 14.8. The molecule has 2 N–H and O–H groups in total. The molecular weight excluding hydrogens is 673 g/mol. The fourth-order valence-electron chi connectivity index (χ4n) is 4.66. The van der Waals surface area contributed by atoms with Crippen LogP contribution in [0, 0.1) is 0 Å². The van der Waals surface area contributed by atoms with Crippen molar-refractivity contribution in [2.45, 2.75) is 83.6 Å². The molecule has 0 aliphatic carbocycles. The number of esters is 2. The highest BCUT2D eigenvalue weighted by Gasteiger charge is 2.27. The number of benzene rings is 3. The second kappa shape index (κ2) is 18.8. The number of methoxy groups -OCH3 is 2. The van der Waals surface area contributed by atoms with Crippen LogP contribution in [0.25, 0.3) is 0 Å². The van der Waals surface area contributed by atoms with Gasteiger partial charge < -0.3 is 39.1 Å². The predicted octanol–water partition coefficient (Wildman–Crippen LogP) is 6.82. The molecule has 0 aliphatic rings. The summed E-state index contributed by atoms with van der Waals surface area (Å²) in [5, 5.41) is 5.24. The van der Waals surface area contributed by atoms with Crippen molar-refractivity contribution in [1.29, 1.82) is 0 Å². The van der Waals surface area contributed by atoms with E-state index in [4.69, 9.17) is 28.4 Å². The summed E-state index contributed by atoms with van der Waals surface area (Å²) in [5.74, 6) is 0.109. The quantitative estimate of drug-likeness (QED) is 0.0918. The van der Waals surface area contributed by atoms with E-state index < -0.39 is 49.9 Å². The van der Waals surface area contributed by atoms with Crippen molar-refractivity contribution in [2.24, 2.45) is 0 Å². The van der Waals surface area contributed by atoms with Crippen molar-refractivity contribution in [3.8, 4) is 17.2 Å². The zero-order valence-electron chi connectivity index (χ0n) is 30.7. The summed E-state index contributed by atoms with van der Waals surface area (Å²) in [7, 11) is 1.29. The molecule has 13 heteroatoms. The smallest absolute Gasteiger partial charge is 0.408 e. The first-order valence-electron chi connectivity index (χ1n) is 16.7. The third-order valence-electron chi connectivity index (χ3n) is 7.32. The summed E-state index contributed by atoms with van der Waals surface area (Å²) in [4.78, 5) is 50.8. The summed E-state index contributed by atoms with van der Waals surface area (Å²) < 4.78 is 32.9. The number of hydrogen-bond donors (Lipinski definition) is 2. The first-order valence-corrected chi connectivity index (χ1v) is 20.4. The molecule has 0 aromatic heterocycles. The Balaban J connectivity index is 1.74. The van der Waals surface area contributed by atoms with E-state index in [9.17, 15) is 19.2 Å². The van der Waals surface area contributed by atoms with Gasteiger partial charge in [-0.25, -0.2) is 19.2 Å². The largest absolute Gasteiger partial charge is 0.493 e. The number of rotatable bonds is 16. The zero-order chi connectivity index (χ0) is 37.6. The lowest BCUT2D eigenvalue weighted by atomic mass is 10.0. The molecule has 0 radical (unpaired) electrons. The molecule has 0 aliphatic heterocycles. The predicted molar refractivity (Wildman–Crippen MR) is 195 cm³/mol. The first-order chi connectivity index (χ1) is 24.0. The second-order valence-electron chi connectivity index (χ2n) is 14.1. The Labute approximate surface area is 301 Å². The van der Waals surface area contributed by atoms with E-state index in [1.54, 1.807) is 63.2 Å². The van der Waals surface area contributed by atoms with Gasteiger partial charge >= 0.3 is 24.1 Å². The molecule has 0 saturated heterocycles. The van der Waals surface area contributed by atoms with Gasteiger partial charge in [-0.15, -0.1) is 0 Å². The molecule has 51 heavy (non-hydrogen) atoms. The van der Waals surface area contributed by atoms with Crippen LogP contribution in [-0.2, 0) is 48.0 Å². The van der Waals surface area contributed by atoms with Gasteiger partial charge in [-0.05, 0) is 67.8 Å². The van der Waals surface area contributed by atoms with Crippen molar-refractivity contribution in [1.82, 2.24) is 10.6 Å². The third-order valence-corrected chi connectivity index (χ3v) is 9.03. The molecule has 0 fully saturated rings. The SMILES string of the molecule is COC(=O)[C@H](Cc1ccc(Oc2cc(C[C@H](NC(=O)OCc3ccccc3)C(=O)OCC[Si](C)(C)C)ccc2OC)cc1)NC(=O)OC(C)(C)C. The molecule has 3 aromatic rings. The van der Waals surface area contributed by atoms with Crippen LogP contribution in [0.1, 0.15) is 37.5 Å². The lowest BCUT2D eigenvalue weighted by molar-refractivity contribution is -0.145. The fourth-order valence-corrected chi connectivity index (χ4v) is 5.38. The van der Waals surface area contributed by atoms with Crippen molar-refractivity contribution in [2.75, 3.05) is 20.8 Å². The summed E-state index contributed by atoms with van der Waals surface area (Å²) in [5.41, 5.74) is 1.49. The summed E-state index contributed by atoms with van der Waals surface area (Å²) in [6.45, 7) is 12.1. The van der Waals surface area contributed by atoms with Crippen LogP contribution in [0.15, 0.2) is 72.8 Å². The maximum absolute atomic E-state index is 13.2. The number of ether oxygens (including phenoxy) is 6. The summed E-state index contributed by atoms with van der Waals surface area (Å²) in [6, 6.07) is 20.2. The van der Waals surface area contributed by atoms with Gasteiger partial charge in [0.05, 0.1) is 20.8 Å². The molecule has 0 saturated carbocycles. The van der Waals surface area contributed by atoms with Gasteiger partial charge in [0.25, 0.3) is 0 Å². The minimum atomic E-state index is -1.47. The van der Waals surface area contributed by atoms with Gasteiger partial charge in [0.2, 0.25) is 0 Å². The zero-order valence-corrected chi connectivity index (χ0v) is 31.7. The number of amides is 2. The molecular formula is C38H50N2O10Si. The molecule has 0 heterocycles. The second-order valence-corrected chi connectivity index (χ2v) is 19.7. The van der Waals surface area contributed by atoms with Gasteiger partial charge in [-0.3, -0.25) is 0 Å². The van der Waals surface area contributed by atoms with Crippen molar-refractivity contribution in [3.63, 3.8) is 0 Å².